The van der Waals surface area contributed by atoms with Crippen LogP contribution in [-0.2, 0) is 16.0 Å². The van der Waals surface area contributed by atoms with Crippen molar-refractivity contribution in [2.45, 2.75) is 13.3 Å². The van der Waals surface area contributed by atoms with Crippen LogP contribution < -0.4 is 5.32 Å². The summed E-state index contributed by atoms with van der Waals surface area (Å²) in [7, 11) is 0. The number of anilines is 1. The minimum Gasteiger partial charge on any atom is -0.462 e. The van der Waals surface area contributed by atoms with Crippen molar-refractivity contribution in [3.63, 3.8) is 0 Å². The summed E-state index contributed by atoms with van der Waals surface area (Å²) in [5.74, 6) is -0.685. The molecule has 0 saturated heterocycles. The number of rotatable bonds is 7. The molecule has 0 saturated carbocycles. The van der Waals surface area contributed by atoms with E-state index in [2.05, 4.69) is 15.3 Å². The molecule has 0 spiro atoms. The average Bonchev–Trinajstić information content (AvgIpc) is 3.49. The first-order valence-corrected chi connectivity index (χ1v) is 11.8. The number of hydrogen-bond donors (Lipinski definition) is 1. The van der Waals surface area contributed by atoms with Crippen molar-refractivity contribution >= 4 is 51.0 Å². The predicted octanol–water partition coefficient (Wildman–Crippen LogP) is 5.35. The maximum absolute atomic E-state index is 12.5. The van der Waals surface area contributed by atoms with Crippen LogP contribution in [0.3, 0.4) is 0 Å². The highest BCUT2D eigenvalue weighted by Crippen LogP contribution is 2.32. The van der Waals surface area contributed by atoms with Crippen LogP contribution >= 0.6 is 34.0 Å². The highest BCUT2D eigenvalue weighted by molar-refractivity contribution is 7.18. The number of benzene rings is 1. The molecule has 0 fully saturated rings. The molecular weight excluding hydrogens is 438 g/mol. The van der Waals surface area contributed by atoms with Gasteiger partial charge < -0.3 is 10.1 Å². The van der Waals surface area contributed by atoms with E-state index in [9.17, 15) is 9.59 Å². The number of amides is 1. The van der Waals surface area contributed by atoms with Crippen LogP contribution in [0.25, 0.3) is 21.8 Å². The standard InChI is InChI=1S/C21H17N3O3S3/c1-2-27-20(26)18-17(13-6-4-3-5-7-13)24-21(30-18)23-16(25)10-15-12-29-19(22-15)14-8-9-28-11-14/h3-9,11-12H,2,10H2,1H3,(H,23,24,25). The molecular formula is C21H17N3O3S3. The number of carbonyl (C=O) groups is 2. The SMILES string of the molecule is CCOC(=O)c1sc(NC(=O)Cc2csc(-c3ccsc3)n2)nc1-c1ccccc1. The molecule has 0 aliphatic rings. The highest BCUT2D eigenvalue weighted by Gasteiger charge is 2.21. The van der Waals surface area contributed by atoms with Gasteiger partial charge in [-0.1, -0.05) is 41.7 Å². The molecule has 0 atom stereocenters. The second-order valence-corrected chi connectivity index (χ2v) is 8.80. The smallest absolute Gasteiger partial charge is 0.350 e. The number of esters is 1. The number of hydrogen-bond acceptors (Lipinski definition) is 8. The third-order valence-corrected chi connectivity index (χ3v) is 6.62. The van der Waals surface area contributed by atoms with E-state index in [1.165, 1.54) is 11.3 Å². The Morgan fingerprint density at radius 1 is 1.07 bits per heavy atom. The maximum atomic E-state index is 12.5. The zero-order valence-corrected chi connectivity index (χ0v) is 18.4. The molecule has 6 nitrogen and oxygen atoms in total. The van der Waals surface area contributed by atoms with Gasteiger partial charge in [-0.15, -0.1) is 11.3 Å². The normalized spacial score (nSPS) is 10.7. The fourth-order valence-electron chi connectivity index (χ4n) is 2.74. The van der Waals surface area contributed by atoms with Crippen LogP contribution in [0.15, 0.2) is 52.5 Å². The van der Waals surface area contributed by atoms with Gasteiger partial charge in [0.2, 0.25) is 5.91 Å². The van der Waals surface area contributed by atoms with Gasteiger partial charge >= 0.3 is 5.97 Å². The molecule has 0 aliphatic carbocycles. The molecule has 1 aromatic carbocycles. The third-order valence-electron chi connectivity index (χ3n) is 4.04. The number of nitrogens with zero attached hydrogens (tertiary/aromatic N) is 2. The van der Waals surface area contributed by atoms with Crippen LogP contribution in [0.1, 0.15) is 22.3 Å². The summed E-state index contributed by atoms with van der Waals surface area (Å²) in [4.78, 5) is 34.3. The minimum absolute atomic E-state index is 0.135. The van der Waals surface area contributed by atoms with Gasteiger partial charge in [0.1, 0.15) is 9.88 Å². The van der Waals surface area contributed by atoms with Gasteiger partial charge in [0.05, 0.1) is 24.4 Å². The van der Waals surface area contributed by atoms with Gasteiger partial charge in [0.15, 0.2) is 5.13 Å². The first-order valence-electron chi connectivity index (χ1n) is 9.14. The van der Waals surface area contributed by atoms with E-state index in [1.807, 2.05) is 52.5 Å². The fraction of sp³-hybridized carbons (Fsp3) is 0.143. The van der Waals surface area contributed by atoms with Gasteiger partial charge in [-0.25, -0.2) is 14.8 Å². The number of nitrogens with one attached hydrogen (secondary N) is 1. The van der Waals surface area contributed by atoms with Gasteiger partial charge in [0.25, 0.3) is 0 Å². The van der Waals surface area contributed by atoms with Gasteiger partial charge in [-0.2, -0.15) is 11.3 Å². The van der Waals surface area contributed by atoms with E-state index in [0.29, 0.717) is 21.4 Å². The van der Waals surface area contributed by atoms with Crippen molar-refractivity contribution in [1.82, 2.24) is 9.97 Å². The molecule has 0 radical (unpaired) electrons. The number of carbonyl (C=O) groups excluding carboxylic acids is 2. The van der Waals surface area contributed by atoms with Crippen molar-refractivity contribution < 1.29 is 14.3 Å². The summed E-state index contributed by atoms with van der Waals surface area (Å²) >= 11 is 4.23. The average molecular weight is 456 g/mol. The molecule has 1 N–H and O–H groups in total. The Morgan fingerprint density at radius 3 is 2.63 bits per heavy atom. The Hall–Kier alpha value is -2.88. The van der Waals surface area contributed by atoms with Crippen LogP contribution in [0, 0.1) is 0 Å². The van der Waals surface area contributed by atoms with E-state index in [0.717, 1.165) is 27.5 Å². The number of aromatic nitrogens is 2. The lowest BCUT2D eigenvalue weighted by molar-refractivity contribution is -0.115. The molecule has 4 aromatic rings. The lowest BCUT2D eigenvalue weighted by Crippen LogP contribution is -2.14. The lowest BCUT2D eigenvalue weighted by atomic mass is 10.1. The zero-order valence-electron chi connectivity index (χ0n) is 16.0. The highest BCUT2D eigenvalue weighted by atomic mass is 32.1. The summed E-state index contributed by atoms with van der Waals surface area (Å²) in [6.45, 7) is 2.02. The number of thiophene rings is 1. The molecule has 152 valence electrons. The van der Waals surface area contributed by atoms with Crippen LogP contribution in [-0.4, -0.2) is 28.5 Å². The van der Waals surface area contributed by atoms with Gasteiger partial charge in [-0.05, 0) is 18.4 Å². The summed E-state index contributed by atoms with van der Waals surface area (Å²) in [6.07, 6.45) is 0.135. The van der Waals surface area contributed by atoms with E-state index in [4.69, 9.17) is 4.74 Å². The second-order valence-electron chi connectivity index (χ2n) is 6.16. The number of thiazole rings is 2. The first kappa shape index (κ1) is 20.4. The Balaban J connectivity index is 1.51. The second kappa shape index (κ2) is 9.29. The monoisotopic (exact) mass is 455 g/mol. The van der Waals surface area contributed by atoms with Gasteiger partial charge in [-0.3, -0.25) is 4.79 Å². The Morgan fingerprint density at radius 2 is 1.90 bits per heavy atom. The summed E-state index contributed by atoms with van der Waals surface area (Å²) in [5.41, 5.74) is 3.05. The van der Waals surface area contributed by atoms with Crippen LogP contribution in [0.4, 0.5) is 5.13 Å². The molecule has 3 aromatic heterocycles. The molecule has 1 amide bonds. The van der Waals surface area contributed by atoms with Crippen LogP contribution in [0.5, 0.6) is 0 Å². The van der Waals surface area contributed by atoms with E-state index in [1.54, 1.807) is 18.3 Å². The van der Waals surface area contributed by atoms with E-state index >= 15 is 0 Å². The summed E-state index contributed by atoms with van der Waals surface area (Å²) in [5, 5.41) is 9.95. The summed E-state index contributed by atoms with van der Waals surface area (Å²) < 4.78 is 5.15. The lowest BCUT2D eigenvalue weighted by Gasteiger charge is -2.01. The van der Waals surface area contributed by atoms with Gasteiger partial charge in [0, 0.05) is 21.9 Å². The van der Waals surface area contributed by atoms with Crippen LogP contribution in [0.2, 0.25) is 0 Å². The Labute approximate surface area is 185 Å². The minimum atomic E-state index is -0.450. The zero-order chi connectivity index (χ0) is 20.9. The number of ether oxygens (including phenoxy) is 1. The van der Waals surface area contributed by atoms with Crippen molar-refractivity contribution in [3.05, 3.63) is 63.1 Å². The molecule has 3 heterocycles. The predicted molar refractivity (Wildman–Crippen MR) is 121 cm³/mol. The Kier molecular flexibility index (Phi) is 6.32. The topological polar surface area (TPSA) is 81.2 Å². The maximum Gasteiger partial charge on any atom is 0.350 e. The van der Waals surface area contributed by atoms with Crippen molar-refractivity contribution in [3.8, 4) is 21.8 Å². The third kappa shape index (κ3) is 4.64. The molecule has 0 bridgehead atoms. The van der Waals surface area contributed by atoms with Crippen molar-refractivity contribution in [2.75, 3.05) is 11.9 Å². The largest absolute Gasteiger partial charge is 0.462 e. The van der Waals surface area contributed by atoms with Crippen molar-refractivity contribution in [1.29, 1.82) is 0 Å². The molecule has 0 unspecified atom stereocenters. The van der Waals surface area contributed by atoms with Crippen molar-refractivity contribution in [2.24, 2.45) is 0 Å². The first-order chi connectivity index (χ1) is 14.6. The van der Waals surface area contributed by atoms with E-state index < -0.39 is 5.97 Å². The molecule has 4 rings (SSSR count). The summed E-state index contributed by atoms with van der Waals surface area (Å²) in [6, 6.07) is 11.4. The molecule has 30 heavy (non-hydrogen) atoms. The molecule has 9 heteroatoms. The fourth-order valence-corrected chi connectivity index (χ4v) is 5.16. The van der Waals surface area contributed by atoms with E-state index in [-0.39, 0.29) is 18.9 Å². The Bertz CT molecular complexity index is 1150. The molecule has 0 aliphatic heterocycles. The quantitative estimate of drug-likeness (QED) is 0.380.